The van der Waals surface area contributed by atoms with Crippen molar-refractivity contribution in [3.63, 3.8) is 0 Å². The largest absolute Gasteiger partial charge is 0.394 e. The lowest BCUT2D eigenvalue weighted by Gasteiger charge is -2.29. The van der Waals surface area contributed by atoms with Gasteiger partial charge in [0.15, 0.2) is 5.78 Å². The summed E-state index contributed by atoms with van der Waals surface area (Å²) in [6, 6.07) is 13.0. The topological polar surface area (TPSA) is 153 Å². The summed E-state index contributed by atoms with van der Waals surface area (Å²) in [5.41, 5.74) is 2.01. The van der Waals surface area contributed by atoms with Crippen molar-refractivity contribution in [3.05, 3.63) is 82.3 Å². The Morgan fingerprint density at radius 2 is 2.05 bits per heavy atom. The normalized spacial score (nSPS) is 17.1. The number of aromatic amines is 1. The van der Waals surface area contributed by atoms with E-state index < -0.39 is 11.7 Å². The number of nitrogens with one attached hydrogen (secondary N) is 3. The number of aromatic nitrogens is 3. The number of carbonyl (C=O) groups is 2. The number of nitriles is 1. The van der Waals surface area contributed by atoms with Gasteiger partial charge in [-0.15, -0.1) is 0 Å². The zero-order valence-electron chi connectivity index (χ0n) is 20.1. The minimum atomic E-state index is -0.450. The number of fused-ring (bicyclic) bond motifs is 1. The smallest absolute Gasteiger partial charge is 0.255 e. The number of benzene rings is 2. The minimum absolute atomic E-state index is 0.0228. The summed E-state index contributed by atoms with van der Waals surface area (Å²) in [6.07, 6.45) is 4.24. The van der Waals surface area contributed by atoms with Crippen LogP contribution in [-0.4, -0.2) is 57.1 Å². The summed E-state index contributed by atoms with van der Waals surface area (Å²) < 4.78 is 5.66. The van der Waals surface area contributed by atoms with Crippen molar-refractivity contribution in [2.45, 2.75) is 25.0 Å². The Morgan fingerprint density at radius 3 is 2.82 bits per heavy atom. The molecule has 4 aromatic rings. The molecule has 4 N–H and O–H groups in total. The maximum Gasteiger partial charge on any atom is 0.255 e. The van der Waals surface area contributed by atoms with Crippen LogP contribution in [0, 0.1) is 11.3 Å². The molecule has 2 atom stereocenters. The van der Waals surface area contributed by atoms with Gasteiger partial charge in [0.25, 0.3) is 5.91 Å². The molecule has 10 nitrogen and oxygen atoms in total. The second kappa shape index (κ2) is 11.0. The predicted octanol–water partition coefficient (Wildman–Crippen LogP) is 3.92. The third kappa shape index (κ3) is 5.21. The van der Waals surface area contributed by atoms with E-state index in [0.717, 1.165) is 6.42 Å². The van der Waals surface area contributed by atoms with E-state index in [4.69, 9.17) is 21.6 Å². The molecule has 0 radical (unpaired) electrons. The fourth-order valence-corrected chi connectivity index (χ4v) is 4.57. The lowest BCUT2D eigenvalue weighted by molar-refractivity contribution is -0.0224. The highest BCUT2D eigenvalue weighted by Crippen LogP contribution is 2.30. The van der Waals surface area contributed by atoms with Gasteiger partial charge in [0.2, 0.25) is 0 Å². The first-order valence-corrected chi connectivity index (χ1v) is 12.3. The highest BCUT2D eigenvalue weighted by Gasteiger charge is 2.25. The molecule has 0 bridgehead atoms. The Morgan fingerprint density at radius 1 is 1.18 bits per heavy atom. The molecule has 1 saturated heterocycles. The van der Waals surface area contributed by atoms with Crippen LogP contribution in [-0.2, 0) is 4.74 Å². The van der Waals surface area contributed by atoms with E-state index in [2.05, 4.69) is 25.6 Å². The predicted molar refractivity (Wildman–Crippen MR) is 141 cm³/mol. The van der Waals surface area contributed by atoms with Gasteiger partial charge in [0.05, 0.1) is 53.0 Å². The first kappa shape index (κ1) is 25.4. The number of nitrogens with zero attached hydrogens (tertiary/aromatic N) is 3. The van der Waals surface area contributed by atoms with Crippen molar-refractivity contribution in [1.82, 2.24) is 15.0 Å². The number of ether oxygens (including phenoxy) is 1. The van der Waals surface area contributed by atoms with Crippen molar-refractivity contribution < 1.29 is 19.4 Å². The first-order chi connectivity index (χ1) is 18.5. The van der Waals surface area contributed by atoms with E-state index in [0.29, 0.717) is 46.7 Å². The number of hydrogen-bond donors (Lipinski definition) is 4. The maximum absolute atomic E-state index is 13.7. The van der Waals surface area contributed by atoms with Crippen LogP contribution in [0.5, 0.6) is 0 Å². The van der Waals surface area contributed by atoms with E-state index in [1.54, 1.807) is 30.5 Å². The summed E-state index contributed by atoms with van der Waals surface area (Å²) in [5, 5.41) is 25.2. The fourth-order valence-electron chi connectivity index (χ4n) is 4.36. The molecule has 5 rings (SSSR count). The van der Waals surface area contributed by atoms with Crippen LogP contribution < -0.4 is 10.6 Å². The SMILES string of the molecule is N#Cc1cccc(NC(=O)c2ccc(Cl)c(C(=O)c3c[nH]c4ncnc(N[C@@H]5CC[C@@H](CO)OC5)c34)c2)c1. The number of rotatable bonds is 7. The number of hydrogen-bond acceptors (Lipinski definition) is 8. The van der Waals surface area contributed by atoms with Gasteiger partial charge >= 0.3 is 0 Å². The van der Waals surface area contributed by atoms with E-state index in [9.17, 15) is 14.7 Å². The number of ketones is 1. The van der Waals surface area contributed by atoms with Crippen molar-refractivity contribution >= 4 is 45.8 Å². The van der Waals surface area contributed by atoms with Crippen molar-refractivity contribution in [1.29, 1.82) is 5.26 Å². The van der Waals surface area contributed by atoms with Gasteiger partial charge in [-0.05, 0) is 49.2 Å². The van der Waals surface area contributed by atoms with Gasteiger partial charge < -0.3 is 25.5 Å². The van der Waals surface area contributed by atoms with Gasteiger partial charge in [-0.25, -0.2) is 9.97 Å². The molecule has 0 aliphatic carbocycles. The number of amides is 1. The van der Waals surface area contributed by atoms with Gasteiger partial charge in [0, 0.05) is 23.0 Å². The lowest BCUT2D eigenvalue weighted by Crippen LogP contribution is -2.36. The van der Waals surface area contributed by atoms with Crippen molar-refractivity contribution in [2.75, 3.05) is 23.8 Å². The van der Waals surface area contributed by atoms with Crippen LogP contribution in [0.4, 0.5) is 11.5 Å². The van der Waals surface area contributed by atoms with Crippen LogP contribution in [0.15, 0.2) is 55.0 Å². The molecule has 11 heteroatoms. The third-order valence-electron chi connectivity index (χ3n) is 6.35. The summed E-state index contributed by atoms with van der Waals surface area (Å²) in [7, 11) is 0. The molecule has 3 heterocycles. The molecule has 2 aromatic carbocycles. The molecule has 38 heavy (non-hydrogen) atoms. The number of aliphatic hydroxyl groups excluding tert-OH is 1. The molecule has 1 aliphatic heterocycles. The Balaban J connectivity index is 1.42. The van der Waals surface area contributed by atoms with E-state index in [1.807, 2.05) is 6.07 Å². The average Bonchev–Trinajstić information content (AvgIpc) is 3.39. The summed E-state index contributed by atoms with van der Waals surface area (Å²) in [4.78, 5) is 38.2. The quantitative estimate of drug-likeness (QED) is 0.262. The zero-order valence-corrected chi connectivity index (χ0v) is 20.8. The van der Waals surface area contributed by atoms with Gasteiger partial charge in [-0.2, -0.15) is 5.26 Å². The summed E-state index contributed by atoms with van der Waals surface area (Å²) >= 11 is 6.40. The Hall–Kier alpha value is -4.30. The van der Waals surface area contributed by atoms with Crippen LogP contribution in [0.2, 0.25) is 5.02 Å². The lowest BCUT2D eigenvalue weighted by atomic mass is 10.0. The van der Waals surface area contributed by atoms with Crippen molar-refractivity contribution in [2.24, 2.45) is 0 Å². The molecule has 1 aliphatic rings. The molecule has 0 unspecified atom stereocenters. The number of anilines is 2. The first-order valence-electron chi connectivity index (χ1n) is 11.9. The van der Waals surface area contributed by atoms with Gasteiger partial charge in [-0.1, -0.05) is 17.7 Å². The van der Waals surface area contributed by atoms with Gasteiger partial charge in [0.1, 0.15) is 17.8 Å². The number of carbonyl (C=O) groups excluding carboxylic acids is 2. The highest BCUT2D eigenvalue weighted by atomic mass is 35.5. The number of aliphatic hydroxyl groups is 1. The molecule has 1 fully saturated rings. The molecule has 0 spiro atoms. The van der Waals surface area contributed by atoms with Crippen LogP contribution in [0.1, 0.15) is 44.7 Å². The standard InChI is InChI=1S/C27H23ClN6O4/c28-22-7-4-16(27(37)34-17-3-1-2-15(8-17)10-29)9-20(22)24(36)21-11-30-25-23(21)26(32-14-31-25)33-18-5-6-19(12-35)38-13-18/h1-4,7-9,11,14,18-19,35H,5-6,12-13H2,(H,34,37)(H2,30,31,32,33)/t18-,19+/m1/s1. The molecule has 1 amide bonds. The zero-order chi connectivity index (χ0) is 26.6. The van der Waals surface area contributed by atoms with E-state index in [-0.39, 0.29) is 34.9 Å². The van der Waals surface area contributed by atoms with Crippen LogP contribution in [0.25, 0.3) is 11.0 Å². The summed E-state index contributed by atoms with van der Waals surface area (Å²) in [5.74, 6) is -0.382. The Kier molecular flexibility index (Phi) is 7.33. The second-order valence-electron chi connectivity index (χ2n) is 8.88. The number of H-pyrrole nitrogens is 1. The molecular formula is C27H23ClN6O4. The molecule has 2 aromatic heterocycles. The minimum Gasteiger partial charge on any atom is -0.394 e. The molecule has 0 saturated carbocycles. The van der Waals surface area contributed by atoms with E-state index >= 15 is 0 Å². The second-order valence-corrected chi connectivity index (χ2v) is 9.28. The highest BCUT2D eigenvalue weighted by molar-refractivity contribution is 6.36. The Labute approximate surface area is 222 Å². The summed E-state index contributed by atoms with van der Waals surface area (Å²) in [6.45, 7) is 0.371. The molecule has 192 valence electrons. The van der Waals surface area contributed by atoms with Crippen molar-refractivity contribution in [3.8, 4) is 6.07 Å². The van der Waals surface area contributed by atoms with Crippen LogP contribution in [0.3, 0.4) is 0 Å². The Bertz CT molecular complexity index is 1550. The maximum atomic E-state index is 13.7. The average molecular weight is 531 g/mol. The van der Waals surface area contributed by atoms with Crippen LogP contribution >= 0.6 is 11.6 Å². The monoisotopic (exact) mass is 530 g/mol. The fraction of sp³-hybridized carbons (Fsp3) is 0.222. The van der Waals surface area contributed by atoms with E-state index in [1.165, 1.54) is 24.5 Å². The van der Waals surface area contributed by atoms with Gasteiger partial charge in [-0.3, -0.25) is 9.59 Å². The third-order valence-corrected chi connectivity index (χ3v) is 6.68. The number of halogens is 1. The molecular weight excluding hydrogens is 508 g/mol.